The molecular formula is C22H31FN4O2. The van der Waals surface area contributed by atoms with Crippen molar-refractivity contribution in [1.29, 1.82) is 0 Å². The van der Waals surface area contributed by atoms with E-state index >= 15 is 0 Å². The molecule has 158 valence electrons. The minimum absolute atomic E-state index is 0.249. The van der Waals surface area contributed by atoms with Crippen molar-refractivity contribution in [2.45, 2.75) is 46.1 Å². The number of halogens is 1. The third-order valence-electron chi connectivity index (χ3n) is 5.51. The fraction of sp³-hybridized carbons (Fsp3) is 0.500. The predicted molar refractivity (Wildman–Crippen MR) is 114 cm³/mol. The van der Waals surface area contributed by atoms with Crippen molar-refractivity contribution < 1.29 is 13.9 Å². The third-order valence-corrected chi connectivity index (χ3v) is 5.51. The van der Waals surface area contributed by atoms with Gasteiger partial charge in [0.2, 0.25) is 5.82 Å². The Morgan fingerprint density at radius 1 is 1.10 bits per heavy atom. The molecule has 3 rings (SSSR count). The SMILES string of the molecule is CCOc1cc(CN2CCC(c3c(N)cnc(N)c3C)CC2)cc(OCC)c1F. The standard InChI is InChI=1S/C22H31FN4O2/c1-4-28-18-10-15(11-19(21(18)23)29-5-2)13-27-8-6-16(7-9-27)20-14(3)22(25)26-12-17(20)24/h10-12,16H,4-9,13,24H2,1-3H3,(H2,25,26). The first-order chi connectivity index (χ1) is 13.9. The van der Waals surface area contributed by atoms with Gasteiger partial charge in [0.05, 0.1) is 25.1 Å². The number of rotatable bonds is 7. The van der Waals surface area contributed by atoms with Crippen LogP contribution in [0, 0.1) is 12.7 Å². The molecule has 0 bridgehead atoms. The van der Waals surface area contributed by atoms with Crippen molar-refractivity contribution in [2.75, 3.05) is 37.8 Å². The van der Waals surface area contributed by atoms with Gasteiger partial charge in [0.1, 0.15) is 5.82 Å². The summed E-state index contributed by atoms with van der Waals surface area (Å²) in [7, 11) is 0. The molecule has 2 heterocycles. The van der Waals surface area contributed by atoms with Crippen LogP contribution in [0.15, 0.2) is 18.3 Å². The Morgan fingerprint density at radius 3 is 2.24 bits per heavy atom. The van der Waals surface area contributed by atoms with Gasteiger partial charge in [0, 0.05) is 6.54 Å². The van der Waals surface area contributed by atoms with Crippen LogP contribution in [0.3, 0.4) is 0 Å². The number of hydrogen-bond donors (Lipinski definition) is 2. The Bertz CT molecular complexity index is 824. The first-order valence-electron chi connectivity index (χ1n) is 10.2. The Kier molecular flexibility index (Phi) is 6.79. The van der Waals surface area contributed by atoms with E-state index in [2.05, 4.69) is 9.88 Å². The highest BCUT2D eigenvalue weighted by Gasteiger charge is 2.25. The predicted octanol–water partition coefficient (Wildman–Crippen LogP) is 3.87. The van der Waals surface area contributed by atoms with E-state index in [1.807, 2.05) is 20.8 Å². The zero-order valence-corrected chi connectivity index (χ0v) is 17.5. The summed E-state index contributed by atoms with van der Waals surface area (Å²) < 4.78 is 25.4. The maximum absolute atomic E-state index is 14.5. The molecule has 1 saturated heterocycles. The van der Waals surface area contributed by atoms with E-state index in [9.17, 15) is 4.39 Å². The fourth-order valence-electron chi connectivity index (χ4n) is 4.08. The monoisotopic (exact) mass is 402 g/mol. The molecule has 0 spiro atoms. The van der Waals surface area contributed by atoms with Crippen LogP contribution in [0.4, 0.5) is 15.9 Å². The summed E-state index contributed by atoms with van der Waals surface area (Å²) >= 11 is 0. The number of hydrogen-bond acceptors (Lipinski definition) is 6. The van der Waals surface area contributed by atoms with Crippen molar-refractivity contribution >= 4 is 11.5 Å². The number of pyridine rings is 1. The fourth-order valence-corrected chi connectivity index (χ4v) is 4.08. The molecule has 0 atom stereocenters. The molecule has 1 aliphatic heterocycles. The highest BCUT2D eigenvalue weighted by Crippen LogP contribution is 2.36. The Labute approximate surface area is 172 Å². The first-order valence-corrected chi connectivity index (χ1v) is 10.2. The number of anilines is 2. The van der Waals surface area contributed by atoms with Gasteiger partial charge in [0.25, 0.3) is 0 Å². The Morgan fingerprint density at radius 2 is 1.69 bits per heavy atom. The van der Waals surface area contributed by atoms with Crippen LogP contribution < -0.4 is 20.9 Å². The maximum atomic E-state index is 14.5. The number of ether oxygens (including phenoxy) is 2. The van der Waals surface area contributed by atoms with E-state index in [-0.39, 0.29) is 11.5 Å². The molecule has 2 aromatic rings. The molecule has 1 aliphatic rings. The van der Waals surface area contributed by atoms with E-state index in [4.69, 9.17) is 20.9 Å². The molecule has 1 fully saturated rings. The molecule has 29 heavy (non-hydrogen) atoms. The summed E-state index contributed by atoms with van der Waals surface area (Å²) in [5.41, 5.74) is 16.0. The number of likely N-dealkylation sites (tertiary alicyclic amines) is 1. The average molecular weight is 403 g/mol. The lowest BCUT2D eigenvalue weighted by Gasteiger charge is -2.33. The molecule has 0 amide bonds. The lowest BCUT2D eigenvalue weighted by Crippen LogP contribution is -2.33. The molecule has 0 saturated carbocycles. The van der Waals surface area contributed by atoms with E-state index in [1.165, 1.54) is 0 Å². The smallest absolute Gasteiger partial charge is 0.206 e. The Balaban J connectivity index is 1.70. The maximum Gasteiger partial charge on any atom is 0.206 e. The van der Waals surface area contributed by atoms with Crippen LogP contribution in [0.2, 0.25) is 0 Å². The lowest BCUT2D eigenvalue weighted by atomic mass is 9.86. The second kappa shape index (κ2) is 9.31. The minimum Gasteiger partial charge on any atom is -0.491 e. The number of nitrogens with two attached hydrogens (primary N) is 2. The van der Waals surface area contributed by atoms with Crippen LogP contribution in [-0.2, 0) is 6.54 Å². The lowest BCUT2D eigenvalue weighted by molar-refractivity contribution is 0.203. The second-order valence-electron chi connectivity index (χ2n) is 7.46. The largest absolute Gasteiger partial charge is 0.491 e. The number of aromatic nitrogens is 1. The van der Waals surface area contributed by atoms with Gasteiger partial charge in [-0.3, -0.25) is 4.90 Å². The summed E-state index contributed by atoms with van der Waals surface area (Å²) in [6, 6.07) is 3.55. The number of nitrogen functional groups attached to an aromatic ring is 2. The molecule has 7 heteroatoms. The van der Waals surface area contributed by atoms with Crippen LogP contribution >= 0.6 is 0 Å². The summed E-state index contributed by atoms with van der Waals surface area (Å²) in [6.45, 7) is 9.08. The van der Waals surface area contributed by atoms with E-state index in [1.54, 1.807) is 18.3 Å². The van der Waals surface area contributed by atoms with E-state index < -0.39 is 5.82 Å². The molecular weight excluding hydrogens is 371 g/mol. The molecule has 0 radical (unpaired) electrons. The quantitative estimate of drug-likeness (QED) is 0.731. The number of benzene rings is 1. The van der Waals surface area contributed by atoms with Crippen molar-refractivity contribution in [1.82, 2.24) is 9.88 Å². The highest BCUT2D eigenvalue weighted by atomic mass is 19.1. The van der Waals surface area contributed by atoms with Gasteiger partial charge in [-0.15, -0.1) is 0 Å². The van der Waals surface area contributed by atoms with Crippen molar-refractivity contribution in [2.24, 2.45) is 0 Å². The minimum atomic E-state index is -0.433. The number of piperidine rings is 1. The Hall–Kier alpha value is -2.54. The van der Waals surface area contributed by atoms with Crippen LogP contribution in [-0.4, -0.2) is 36.2 Å². The summed E-state index contributed by atoms with van der Waals surface area (Å²) in [5.74, 6) is 0.993. The van der Waals surface area contributed by atoms with E-state index in [0.29, 0.717) is 24.9 Å². The topological polar surface area (TPSA) is 86.6 Å². The molecule has 6 nitrogen and oxygen atoms in total. The first kappa shape index (κ1) is 21.2. The van der Waals surface area contributed by atoms with Gasteiger partial charge in [-0.1, -0.05) is 0 Å². The normalized spacial score (nSPS) is 15.4. The second-order valence-corrected chi connectivity index (χ2v) is 7.46. The van der Waals surface area contributed by atoms with Crippen molar-refractivity contribution in [3.05, 3.63) is 40.8 Å². The van der Waals surface area contributed by atoms with Gasteiger partial charge in [-0.05, 0) is 81.4 Å². The van der Waals surface area contributed by atoms with Crippen molar-refractivity contribution in [3.8, 4) is 11.5 Å². The van der Waals surface area contributed by atoms with Gasteiger partial charge in [-0.25, -0.2) is 4.98 Å². The zero-order valence-electron chi connectivity index (χ0n) is 17.5. The van der Waals surface area contributed by atoms with Gasteiger partial charge < -0.3 is 20.9 Å². The zero-order chi connectivity index (χ0) is 21.0. The molecule has 0 aliphatic carbocycles. The highest BCUT2D eigenvalue weighted by molar-refractivity contribution is 5.58. The van der Waals surface area contributed by atoms with E-state index in [0.717, 1.165) is 54.9 Å². The van der Waals surface area contributed by atoms with Crippen LogP contribution in [0.5, 0.6) is 11.5 Å². The van der Waals surface area contributed by atoms with Crippen LogP contribution in [0.25, 0.3) is 0 Å². The summed E-state index contributed by atoms with van der Waals surface area (Å²) in [5, 5.41) is 0. The van der Waals surface area contributed by atoms with Gasteiger partial charge in [0.15, 0.2) is 11.5 Å². The average Bonchev–Trinajstić information content (AvgIpc) is 2.70. The molecule has 1 aromatic heterocycles. The summed E-state index contributed by atoms with van der Waals surface area (Å²) in [4.78, 5) is 6.51. The molecule has 0 unspecified atom stereocenters. The van der Waals surface area contributed by atoms with Crippen LogP contribution in [0.1, 0.15) is 49.3 Å². The molecule has 4 N–H and O–H groups in total. The molecule has 1 aromatic carbocycles. The number of nitrogens with zero attached hydrogens (tertiary/aromatic N) is 2. The summed E-state index contributed by atoms with van der Waals surface area (Å²) in [6.07, 6.45) is 3.64. The van der Waals surface area contributed by atoms with Gasteiger partial charge in [-0.2, -0.15) is 4.39 Å². The van der Waals surface area contributed by atoms with Crippen molar-refractivity contribution in [3.63, 3.8) is 0 Å². The third kappa shape index (κ3) is 4.72. The van der Waals surface area contributed by atoms with Gasteiger partial charge >= 0.3 is 0 Å².